The first-order valence-electron chi connectivity index (χ1n) is 17.7. The summed E-state index contributed by atoms with van der Waals surface area (Å²) in [6.07, 6.45) is -4.44. The van der Waals surface area contributed by atoms with Crippen molar-refractivity contribution in [2.24, 2.45) is 5.41 Å². The van der Waals surface area contributed by atoms with Gasteiger partial charge in [0.25, 0.3) is 5.91 Å². The highest BCUT2D eigenvalue weighted by atomic mass is 16.7. The first kappa shape index (κ1) is 38.4. The number of aliphatic hydroxyl groups is 2. The average Bonchev–Trinajstić information content (AvgIpc) is 3.20. The van der Waals surface area contributed by atoms with E-state index in [0.29, 0.717) is 39.1 Å². The number of carbonyl (C=O) groups is 3. The van der Waals surface area contributed by atoms with Crippen LogP contribution in [0.2, 0.25) is 0 Å². The number of benzene rings is 4. The summed E-state index contributed by atoms with van der Waals surface area (Å²) in [6.45, 7) is 5.62. The van der Waals surface area contributed by atoms with Gasteiger partial charge in [-0.15, -0.1) is 0 Å². The second-order valence-electron chi connectivity index (χ2n) is 14.1. The Morgan fingerprint density at radius 3 is 2.15 bits per heavy atom. The van der Waals surface area contributed by atoms with Gasteiger partial charge >= 0.3 is 11.9 Å². The van der Waals surface area contributed by atoms with Crippen LogP contribution in [-0.4, -0.2) is 66.4 Å². The molecule has 0 aromatic heterocycles. The number of carbonyl (C=O) groups excluding carboxylic acids is 3. The summed E-state index contributed by atoms with van der Waals surface area (Å²) < 4.78 is 29.5. The number of hydrogen-bond donors (Lipinski definition) is 3. The number of aliphatic hydroxyl groups excluding tert-OH is 1. The lowest BCUT2D eigenvalue weighted by molar-refractivity contribution is -0.183. The molecule has 5 atom stereocenters. The van der Waals surface area contributed by atoms with Crippen molar-refractivity contribution in [2.45, 2.75) is 63.8 Å². The minimum atomic E-state index is -1.90. The van der Waals surface area contributed by atoms with Crippen molar-refractivity contribution in [2.75, 3.05) is 20.5 Å². The van der Waals surface area contributed by atoms with Gasteiger partial charge < -0.3 is 39.2 Å². The topological polar surface area (TPSA) is 150 Å². The highest BCUT2D eigenvalue weighted by Crippen LogP contribution is 2.56. The van der Waals surface area contributed by atoms with Gasteiger partial charge in [-0.25, -0.2) is 9.59 Å². The van der Waals surface area contributed by atoms with Gasteiger partial charge in [0.2, 0.25) is 0 Å². The van der Waals surface area contributed by atoms with Crippen LogP contribution < -0.4 is 10.1 Å². The van der Waals surface area contributed by atoms with Crippen LogP contribution >= 0.6 is 0 Å². The van der Waals surface area contributed by atoms with Crippen LogP contribution in [0.15, 0.2) is 120 Å². The fourth-order valence-corrected chi connectivity index (χ4v) is 7.26. The molecule has 1 aliphatic carbocycles. The van der Waals surface area contributed by atoms with Crippen LogP contribution in [0.3, 0.4) is 0 Å². The van der Waals surface area contributed by atoms with Gasteiger partial charge in [-0.05, 0) is 65.6 Å². The molecular weight excluding hydrogens is 690 g/mol. The third-order valence-electron chi connectivity index (χ3n) is 10.5. The van der Waals surface area contributed by atoms with Gasteiger partial charge in [0.1, 0.15) is 17.5 Å². The quantitative estimate of drug-likeness (QED) is 0.0949. The minimum Gasteiger partial charge on any atom is -0.468 e. The summed E-state index contributed by atoms with van der Waals surface area (Å²) in [5, 5.41) is 27.6. The Morgan fingerprint density at radius 2 is 1.50 bits per heavy atom. The van der Waals surface area contributed by atoms with Gasteiger partial charge in [0, 0.05) is 30.1 Å². The number of methoxy groups -OCH3 is 1. The Morgan fingerprint density at radius 1 is 0.870 bits per heavy atom. The number of ether oxygens (including phenoxy) is 5. The van der Waals surface area contributed by atoms with E-state index in [1.54, 1.807) is 116 Å². The zero-order valence-electron chi connectivity index (χ0n) is 30.7. The monoisotopic (exact) mass is 735 g/mol. The molecule has 0 radical (unpaired) electrons. The molecule has 2 bridgehead atoms. The van der Waals surface area contributed by atoms with E-state index in [2.05, 4.69) is 5.32 Å². The Hall–Kier alpha value is -5.33. The zero-order chi connectivity index (χ0) is 38.5. The number of nitrogens with one attached hydrogen (secondary N) is 1. The predicted molar refractivity (Wildman–Crippen MR) is 198 cm³/mol. The van der Waals surface area contributed by atoms with Crippen LogP contribution in [0.5, 0.6) is 5.75 Å². The van der Waals surface area contributed by atoms with Crippen LogP contribution in [-0.2, 0) is 30.3 Å². The number of rotatable bonds is 11. The molecule has 3 N–H and O–H groups in total. The van der Waals surface area contributed by atoms with E-state index in [9.17, 15) is 24.6 Å². The number of hydrogen-bond acceptors (Lipinski definition) is 10. The maximum atomic E-state index is 14.0. The smallest absolute Gasteiger partial charge is 0.338 e. The summed E-state index contributed by atoms with van der Waals surface area (Å²) in [7, 11) is 1.50. The zero-order valence-corrected chi connectivity index (χ0v) is 30.7. The summed E-state index contributed by atoms with van der Waals surface area (Å²) in [5.74, 6) is -1.77. The lowest BCUT2D eigenvalue weighted by atomic mass is 9.58. The maximum absolute atomic E-state index is 14.0. The molecule has 0 saturated carbocycles. The second-order valence-corrected chi connectivity index (χ2v) is 14.1. The molecule has 0 saturated heterocycles. The van der Waals surface area contributed by atoms with Gasteiger partial charge in [-0.2, -0.15) is 0 Å². The van der Waals surface area contributed by atoms with E-state index in [0.717, 1.165) is 0 Å². The normalized spacial score (nSPS) is 21.6. The van der Waals surface area contributed by atoms with Crippen LogP contribution in [0, 0.1) is 5.41 Å². The molecule has 11 nitrogen and oxygen atoms in total. The summed E-state index contributed by atoms with van der Waals surface area (Å²) >= 11 is 0. The molecule has 11 heteroatoms. The summed E-state index contributed by atoms with van der Waals surface area (Å²) in [6, 6.07) is 29.6. The molecule has 4 aromatic rings. The summed E-state index contributed by atoms with van der Waals surface area (Å²) in [4.78, 5) is 41.1. The number of esters is 2. The number of amides is 1. The largest absolute Gasteiger partial charge is 0.468 e. The van der Waals surface area contributed by atoms with Crippen molar-refractivity contribution in [3.8, 4) is 5.75 Å². The Balaban J connectivity index is 1.38. The SMILES string of the molecule is COCOc1ccc2c(c1)[C@H](OC(=O)c1ccccc1)[C@]1(O)C[C@@H](OC(=O)[C@H](O)[C@@H](NC(=O)c3ccccc3)c3ccccc3)C(C)=C(COC2)C1(C)C. The standard InChI is InChI=1S/C43H45NO10/c1-27-34-25-51-24-31-20-21-32(52-26-50-4)22-33(31)38(54-40(47)30-18-12-7-13-19-30)43(49,42(34,2)3)23-35(27)53-41(48)37(45)36(28-14-8-5-9-15-28)44-39(46)29-16-10-6-11-17-29/h5-22,35-38,45,49H,23-26H2,1-4H3,(H,44,46)/t35-,36+,37-,38+,43-/m1/s1. The molecule has 1 aliphatic heterocycles. The Labute approximate surface area is 314 Å². The second kappa shape index (κ2) is 16.4. The Bertz CT molecular complexity index is 1980. The number of fused-ring (bicyclic) bond motifs is 3. The fraction of sp³-hybridized carbons (Fsp3) is 0.326. The van der Waals surface area contributed by atoms with Gasteiger partial charge in [-0.3, -0.25) is 4.79 Å². The summed E-state index contributed by atoms with van der Waals surface area (Å²) in [5.41, 5.74) is 0.485. The van der Waals surface area contributed by atoms with Crippen molar-refractivity contribution >= 4 is 17.8 Å². The molecule has 54 heavy (non-hydrogen) atoms. The average molecular weight is 736 g/mol. The van der Waals surface area contributed by atoms with Gasteiger partial charge in [0.05, 0.1) is 24.8 Å². The molecule has 0 fully saturated rings. The molecule has 1 heterocycles. The third-order valence-corrected chi connectivity index (χ3v) is 10.5. The van der Waals surface area contributed by atoms with Crippen molar-refractivity contribution < 1.29 is 48.3 Å². The van der Waals surface area contributed by atoms with Crippen molar-refractivity contribution in [1.29, 1.82) is 0 Å². The van der Waals surface area contributed by atoms with Crippen molar-refractivity contribution in [3.05, 3.63) is 148 Å². The van der Waals surface area contributed by atoms with E-state index in [1.807, 2.05) is 13.8 Å². The van der Waals surface area contributed by atoms with E-state index in [-0.39, 0.29) is 32.0 Å². The van der Waals surface area contributed by atoms with Crippen molar-refractivity contribution in [1.82, 2.24) is 5.32 Å². The highest BCUT2D eigenvalue weighted by Gasteiger charge is 2.59. The van der Waals surface area contributed by atoms with E-state index in [4.69, 9.17) is 23.7 Å². The maximum Gasteiger partial charge on any atom is 0.338 e. The lowest BCUT2D eigenvalue weighted by Gasteiger charge is -2.53. The molecule has 1 amide bonds. The van der Waals surface area contributed by atoms with Crippen LogP contribution in [0.4, 0.5) is 0 Å². The predicted octanol–water partition coefficient (Wildman–Crippen LogP) is 6.02. The molecular formula is C43H45NO10. The van der Waals surface area contributed by atoms with E-state index in [1.165, 1.54) is 7.11 Å². The minimum absolute atomic E-state index is 0.0400. The molecule has 282 valence electrons. The third kappa shape index (κ3) is 7.81. The first-order chi connectivity index (χ1) is 25.9. The lowest BCUT2D eigenvalue weighted by Crippen LogP contribution is -2.58. The Kier molecular flexibility index (Phi) is 11.6. The molecule has 0 spiro atoms. The van der Waals surface area contributed by atoms with Gasteiger partial charge in [-0.1, -0.05) is 86.6 Å². The highest BCUT2D eigenvalue weighted by molar-refractivity contribution is 5.95. The molecule has 2 aliphatic rings. The molecule has 6 rings (SSSR count). The first-order valence-corrected chi connectivity index (χ1v) is 17.7. The van der Waals surface area contributed by atoms with Crippen LogP contribution in [0.1, 0.15) is 76.7 Å². The van der Waals surface area contributed by atoms with Gasteiger partial charge in [0.15, 0.2) is 19.0 Å². The molecule has 0 unspecified atom stereocenters. The van der Waals surface area contributed by atoms with E-state index < -0.39 is 53.2 Å². The fourth-order valence-electron chi connectivity index (χ4n) is 7.26. The van der Waals surface area contributed by atoms with Crippen LogP contribution in [0.25, 0.3) is 0 Å². The van der Waals surface area contributed by atoms with E-state index >= 15 is 0 Å². The van der Waals surface area contributed by atoms with Crippen molar-refractivity contribution in [3.63, 3.8) is 0 Å². The molecule has 4 aromatic carbocycles.